The molecule has 0 heterocycles. The minimum Gasteiger partial charge on any atom is -0.452 e. The SMILES string of the molecule is CC(=O)c1ccccc1NC(=O)COC(=O)/C=C/c1ccccc1C. The van der Waals surface area contributed by atoms with Gasteiger partial charge in [0, 0.05) is 11.6 Å². The first-order chi connectivity index (χ1) is 12.0. The fraction of sp³-hybridized carbons (Fsp3) is 0.150. The molecule has 0 atom stereocenters. The van der Waals surface area contributed by atoms with Crippen LogP contribution >= 0.6 is 0 Å². The van der Waals surface area contributed by atoms with Crippen molar-refractivity contribution in [1.82, 2.24) is 0 Å². The Morgan fingerprint density at radius 2 is 1.72 bits per heavy atom. The van der Waals surface area contributed by atoms with E-state index >= 15 is 0 Å². The van der Waals surface area contributed by atoms with Gasteiger partial charge in [-0.2, -0.15) is 0 Å². The fourth-order valence-corrected chi connectivity index (χ4v) is 2.20. The molecule has 0 aromatic heterocycles. The van der Waals surface area contributed by atoms with E-state index in [1.807, 2.05) is 31.2 Å². The highest BCUT2D eigenvalue weighted by atomic mass is 16.5. The van der Waals surface area contributed by atoms with Gasteiger partial charge in [-0.05, 0) is 43.2 Å². The molecule has 0 spiro atoms. The lowest BCUT2D eigenvalue weighted by Gasteiger charge is -2.08. The summed E-state index contributed by atoms with van der Waals surface area (Å²) in [5.74, 6) is -1.28. The molecule has 2 rings (SSSR count). The van der Waals surface area contributed by atoms with Crippen molar-refractivity contribution in [1.29, 1.82) is 0 Å². The van der Waals surface area contributed by atoms with Crippen molar-refractivity contribution in [3.05, 3.63) is 71.3 Å². The molecule has 0 saturated carbocycles. The van der Waals surface area contributed by atoms with Crippen LogP contribution in [-0.4, -0.2) is 24.3 Å². The summed E-state index contributed by atoms with van der Waals surface area (Å²) in [5.41, 5.74) is 2.73. The minimum absolute atomic E-state index is 0.158. The third kappa shape index (κ3) is 5.42. The van der Waals surface area contributed by atoms with Crippen molar-refractivity contribution in [2.45, 2.75) is 13.8 Å². The van der Waals surface area contributed by atoms with Crippen molar-refractivity contribution in [3.8, 4) is 0 Å². The smallest absolute Gasteiger partial charge is 0.331 e. The van der Waals surface area contributed by atoms with E-state index in [1.165, 1.54) is 13.0 Å². The molecule has 0 unspecified atom stereocenters. The number of benzene rings is 2. The summed E-state index contributed by atoms with van der Waals surface area (Å²) in [6.45, 7) is 2.93. The molecule has 5 nitrogen and oxygen atoms in total. The van der Waals surface area contributed by atoms with E-state index in [4.69, 9.17) is 4.74 Å². The maximum atomic E-state index is 11.9. The van der Waals surface area contributed by atoms with Gasteiger partial charge >= 0.3 is 5.97 Å². The molecule has 128 valence electrons. The number of hydrogen-bond donors (Lipinski definition) is 1. The maximum Gasteiger partial charge on any atom is 0.331 e. The van der Waals surface area contributed by atoms with Crippen LogP contribution in [0.3, 0.4) is 0 Å². The number of para-hydroxylation sites is 1. The van der Waals surface area contributed by atoms with Crippen LogP contribution in [0.15, 0.2) is 54.6 Å². The Hall–Kier alpha value is -3.21. The number of carbonyl (C=O) groups is 3. The van der Waals surface area contributed by atoms with Crippen LogP contribution in [0.4, 0.5) is 5.69 Å². The Kier molecular flexibility index (Phi) is 6.23. The molecule has 1 N–H and O–H groups in total. The van der Waals surface area contributed by atoms with Gasteiger partial charge < -0.3 is 10.1 Å². The largest absolute Gasteiger partial charge is 0.452 e. The number of nitrogens with one attached hydrogen (secondary N) is 1. The van der Waals surface area contributed by atoms with E-state index in [-0.39, 0.29) is 5.78 Å². The summed E-state index contributed by atoms with van der Waals surface area (Å²) < 4.78 is 4.92. The second kappa shape index (κ2) is 8.59. The number of amides is 1. The quantitative estimate of drug-likeness (QED) is 0.498. The number of carbonyl (C=O) groups excluding carboxylic acids is 3. The first-order valence-electron chi connectivity index (χ1n) is 7.77. The van der Waals surface area contributed by atoms with Gasteiger partial charge in [-0.15, -0.1) is 0 Å². The van der Waals surface area contributed by atoms with Gasteiger partial charge in [0.1, 0.15) is 0 Å². The van der Waals surface area contributed by atoms with Crippen LogP contribution in [0.2, 0.25) is 0 Å². The summed E-state index contributed by atoms with van der Waals surface area (Å²) in [5, 5.41) is 2.57. The molecule has 0 aliphatic rings. The summed E-state index contributed by atoms with van der Waals surface area (Å²) in [6, 6.07) is 14.3. The Morgan fingerprint density at radius 1 is 1.04 bits per heavy atom. The normalized spacial score (nSPS) is 10.5. The fourth-order valence-electron chi connectivity index (χ4n) is 2.20. The van der Waals surface area contributed by atoms with Crippen LogP contribution in [0, 0.1) is 6.92 Å². The number of rotatable bonds is 6. The van der Waals surface area contributed by atoms with Crippen LogP contribution in [0.25, 0.3) is 6.08 Å². The third-order valence-corrected chi connectivity index (χ3v) is 3.51. The van der Waals surface area contributed by atoms with Crippen LogP contribution in [-0.2, 0) is 14.3 Å². The van der Waals surface area contributed by atoms with Gasteiger partial charge in [-0.1, -0.05) is 36.4 Å². The first-order valence-corrected chi connectivity index (χ1v) is 7.77. The van der Waals surface area contributed by atoms with E-state index in [0.29, 0.717) is 11.3 Å². The van der Waals surface area contributed by atoms with Crippen molar-refractivity contribution in [3.63, 3.8) is 0 Å². The molecule has 0 saturated heterocycles. The average molecular weight is 337 g/mol. The first kappa shape index (κ1) is 18.1. The Bertz CT molecular complexity index is 824. The van der Waals surface area contributed by atoms with E-state index in [2.05, 4.69) is 5.32 Å². The van der Waals surface area contributed by atoms with E-state index in [9.17, 15) is 14.4 Å². The van der Waals surface area contributed by atoms with Crippen molar-refractivity contribution in [2.24, 2.45) is 0 Å². The molecular formula is C20H19NO4. The number of ketones is 1. The molecular weight excluding hydrogens is 318 g/mol. The second-order valence-electron chi connectivity index (χ2n) is 5.45. The molecule has 0 aliphatic carbocycles. The number of ether oxygens (including phenoxy) is 1. The second-order valence-corrected chi connectivity index (χ2v) is 5.45. The molecule has 2 aromatic rings. The maximum absolute atomic E-state index is 11.9. The van der Waals surface area contributed by atoms with Gasteiger partial charge in [0.05, 0.1) is 5.69 Å². The molecule has 0 aliphatic heterocycles. The Morgan fingerprint density at radius 3 is 2.44 bits per heavy atom. The average Bonchev–Trinajstić information content (AvgIpc) is 2.59. The zero-order chi connectivity index (χ0) is 18.2. The van der Waals surface area contributed by atoms with Gasteiger partial charge in [0.25, 0.3) is 5.91 Å². The van der Waals surface area contributed by atoms with Gasteiger partial charge in [0.15, 0.2) is 12.4 Å². The predicted octanol–water partition coefficient (Wildman–Crippen LogP) is 3.39. The molecule has 0 bridgehead atoms. The zero-order valence-electron chi connectivity index (χ0n) is 14.1. The van der Waals surface area contributed by atoms with Gasteiger partial charge in [0.2, 0.25) is 0 Å². The monoisotopic (exact) mass is 337 g/mol. The van der Waals surface area contributed by atoms with Crippen LogP contribution < -0.4 is 5.32 Å². The highest BCUT2D eigenvalue weighted by molar-refractivity contribution is 6.04. The molecule has 0 fully saturated rings. The Labute approximate surface area is 146 Å². The Balaban J connectivity index is 1.89. The highest BCUT2D eigenvalue weighted by Crippen LogP contribution is 2.15. The third-order valence-electron chi connectivity index (χ3n) is 3.51. The summed E-state index contributed by atoms with van der Waals surface area (Å²) in [4.78, 5) is 35.1. The molecule has 0 radical (unpaired) electrons. The van der Waals surface area contributed by atoms with Gasteiger partial charge in [-0.25, -0.2) is 4.79 Å². The van der Waals surface area contributed by atoms with E-state index in [1.54, 1.807) is 30.3 Å². The number of anilines is 1. The summed E-state index contributed by atoms with van der Waals surface area (Å²) >= 11 is 0. The van der Waals surface area contributed by atoms with E-state index in [0.717, 1.165) is 11.1 Å². The number of esters is 1. The lowest BCUT2D eigenvalue weighted by molar-refractivity contribution is -0.142. The number of aryl methyl sites for hydroxylation is 1. The lowest BCUT2D eigenvalue weighted by Crippen LogP contribution is -2.21. The summed E-state index contributed by atoms with van der Waals surface area (Å²) in [6.07, 6.45) is 2.92. The molecule has 25 heavy (non-hydrogen) atoms. The van der Waals surface area contributed by atoms with Crippen LogP contribution in [0.1, 0.15) is 28.4 Å². The number of Topliss-reactive ketones (excluding diaryl/α,β-unsaturated/α-hetero) is 1. The van der Waals surface area contributed by atoms with Crippen LogP contribution in [0.5, 0.6) is 0 Å². The predicted molar refractivity (Wildman–Crippen MR) is 96.2 cm³/mol. The minimum atomic E-state index is -0.613. The highest BCUT2D eigenvalue weighted by Gasteiger charge is 2.10. The van der Waals surface area contributed by atoms with Crippen molar-refractivity contribution in [2.75, 3.05) is 11.9 Å². The summed E-state index contributed by atoms with van der Waals surface area (Å²) in [7, 11) is 0. The zero-order valence-corrected chi connectivity index (χ0v) is 14.1. The topological polar surface area (TPSA) is 72.5 Å². The molecule has 1 amide bonds. The molecule has 2 aromatic carbocycles. The molecule has 5 heteroatoms. The van der Waals surface area contributed by atoms with Gasteiger partial charge in [-0.3, -0.25) is 9.59 Å². The number of hydrogen-bond acceptors (Lipinski definition) is 4. The van der Waals surface area contributed by atoms with Crippen molar-refractivity contribution < 1.29 is 19.1 Å². The van der Waals surface area contributed by atoms with Crippen molar-refractivity contribution >= 4 is 29.4 Å². The lowest BCUT2D eigenvalue weighted by atomic mass is 10.1. The van der Waals surface area contributed by atoms with E-state index < -0.39 is 18.5 Å². The standard InChI is InChI=1S/C20H19NO4/c1-14-7-3-4-8-16(14)11-12-20(24)25-13-19(23)21-18-10-6-5-9-17(18)15(2)22/h3-12H,13H2,1-2H3,(H,21,23)/b12-11+.